The fourth-order valence-electron chi connectivity index (χ4n) is 1.58. The summed E-state index contributed by atoms with van der Waals surface area (Å²) in [7, 11) is -3.11. The minimum absolute atomic E-state index is 0.0930. The zero-order chi connectivity index (χ0) is 11.4. The molecule has 6 heteroatoms. The molecule has 1 rings (SSSR count). The van der Waals surface area contributed by atoms with E-state index in [0.717, 1.165) is 12.2 Å². The van der Waals surface area contributed by atoms with Gasteiger partial charge in [0.05, 0.1) is 5.75 Å². The summed E-state index contributed by atoms with van der Waals surface area (Å²) in [6.45, 7) is 3.09. The number of hydrogen-bond acceptors (Lipinski definition) is 4. The maximum Gasteiger partial charge on any atom is 0.211 e. The van der Waals surface area contributed by atoms with Crippen molar-refractivity contribution in [3.8, 4) is 0 Å². The number of sulfonamides is 1. The van der Waals surface area contributed by atoms with Gasteiger partial charge >= 0.3 is 0 Å². The van der Waals surface area contributed by atoms with Gasteiger partial charge in [-0.05, 0) is 38.5 Å². The Hall–Kier alpha value is 0.220. The first-order valence-corrected chi connectivity index (χ1v) is 7.93. The summed E-state index contributed by atoms with van der Waals surface area (Å²) in [6, 6.07) is 0. The highest BCUT2D eigenvalue weighted by Crippen LogP contribution is 2.37. The third-order valence-electron chi connectivity index (χ3n) is 2.58. The van der Waals surface area contributed by atoms with Gasteiger partial charge in [-0.15, -0.1) is 0 Å². The predicted octanol–water partition coefficient (Wildman–Crippen LogP) is 0.540. The maximum atomic E-state index is 11.5. The number of hydrogen-bond donors (Lipinski definition) is 2. The number of rotatable bonds is 6. The van der Waals surface area contributed by atoms with Crippen LogP contribution in [0.3, 0.4) is 0 Å². The highest BCUT2D eigenvalue weighted by atomic mass is 32.2. The highest BCUT2D eigenvalue weighted by Gasteiger charge is 2.30. The van der Waals surface area contributed by atoms with E-state index in [9.17, 15) is 8.42 Å². The van der Waals surface area contributed by atoms with E-state index in [1.165, 1.54) is 6.42 Å². The van der Waals surface area contributed by atoms with Crippen molar-refractivity contribution in [2.75, 3.05) is 24.6 Å². The molecule has 0 aliphatic carbocycles. The Bertz CT molecular complexity index is 284. The SMILES string of the molecule is CC1(CNS(=O)(=O)CCCN)CCCS1. The van der Waals surface area contributed by atoms with Gasteiger partial charge in [0.2, 0.25) is 10.0 Å². The second-order valence-corrected chi connectivity index (χ2v) is 7.79. The van der Waals surface area contributed by atoms with Crippen LogP contribution in [-0.2, 0) is 10.0 Å². The lowest BCUT2D eigenvalue weighted by molar-refractivity contribution is 0.551. The maximum absolute atomic E-state index is 11.5. The lowest BCUT2D eigenvalue weighted by Gasteiger charge is -2.22. The molecule has 1 atom stereocenters. The molecule has 0 bridgehead atoms. The van der Waals surface area contributed by atoms with Crippen LogP contribution in [0.2, 0.25) is 0 Å². The molecule has 1 heterocycles. The standard InChI is InChI=1S/C9H20N2O2S2/c1-9(4-2-6-14-9)8-11-15(12,13)7-3-5-10/h11H,2-8,10H2,1H3. The normalized spacial score (nSPS) is 27.1. The summed E-state index contributed by atoms with van der Waals surface area (Å²) in [5.41, 5.74) is 5.28. The van der Waals surface area contributed by atoms with Gasteiger partial charge in [-0.2, -0.15) is 11.8 Å². The molecule has 4 nitrogen and oxygen atoms in total. The minimum atomic E-state index is -3.11. The molecule has 1 aliphatic rings. The number of nitrogens with two attached hydrogens (primary N) is 1. The highest BCUT2D eigenvalue weighted by molar-refractivity contribution is 8.01. The first-order valence-electron chi connectivity index (χ1n) is 5.29. The van der Waals surface area contributed by atoms with Crippen LogP contribution in [0.15, 0.2) is 0 Å². The number of thioether (sulfide) groups is 1. The monoisotopic (exact) mass is 252 g/mol. The third kappa shape index (κ3) is 4.72. The Balaban J connectivity index is 2.35. The molecule has 0 saturated carbocycles. The molecule has 1 aliphatic heterocycles. The van der Waals surface area contributed by atoms with E-state index in [1.807, 2.05) is 11.8 Å². The van der Waals surface area contributed by atoms with Crippen LogP contribution in [-0.4, -0.2) is 37.8 Å². The van der Waals surface area contributed by atoms with E-state index in [-0.39, 0.29) is 10.5 Å². The van der Waals surface area contributed by atoms with Crippen LogP contribution in [0, 0.1) is 0 Å². The number of nitrogens with one attached hydrogen (secondary N) is 1. The molecule has 0 aromatic heterocycles. The van der Waals surface area contributed by atoms with Gasteiger partial charge < -0.3 is 5.73 Å². The topological polar surface area (TPSA) is 72.2 Å². The van der Waals surface area contributed by atoms with E-state index in [0.29, 0.717) is 19.5 Å². The van der Waals surface area contributed by atoms with Crippen molar-refractivity contribution >= 4 is 21.8 Å². The first kappa shape index (κ1) is 13.3. The van der Waals surface area contributed by atoms with Gasteiger partial charge in [0.25, 0.3) is 0 Å². The Morgan fingerprint density at radius 1 is 1.53 bits per heavy atom. The van der Waals surface area contributed by atoms with Crippen LogP contribution >= 0.6 is 11.8 Å². The third-order valence-corrected chi connectivity index (χ3v) is 5.53. The molecule has 0 aromatic carbocycles. The van der Waals surface area contributed by atoms with Crippen molar-refractivity contribution < 1.29 is 8.42 Å². The van der Waals surface area contributed by atoms with Crippen LogP contribution < -0.4 is 10.5 Å². The molecule has 1 saturated heterocycles. The van der Waals surface area contributed by atoms with Crippen molar-refractivity contribution in [2.45, 2.75) is 30.9 Å². The van der Waals surface area contributed by atoms with Crippen molar-refractivity contribution in [3.05, 3.63) is 0 Å². The van der Waals surface area contributed by atoms with E-state index >= 15 is 0 Å². The van der Waals surface area contributed by atoms with Crippen molar-refractivity contribution in [1.82, 2.24) is 4.72 Å². The van der Waals surface area contributed by atoms with E-state index < -0.39 is 10.0 Å². The quantitative estimate of drug-likeness (QED) is 0.724. The van der Waals surface area contributed by atoms with Gasteiger partial charge in [0.1, 0.15) is 0 Å². The molecule has 0 amide bonds. The molecule has 1 fully saturated rings. The Morgan fingerprint density at radius 2 is 2.27 bits per heavy atom. The van der Waals surface area contributed by atoms with Crippen molar-refractivity contribution in [2.24, 2.45) is 5.73 Å². The van der Waals surface area contributed by atoms with Gasteiger partial charge in [-0.3, -0.25) is 0 Å². The average molecular weight is 252 g/mol. The molecule has 15 heavy (non-hydrogen) atoms. The summed E-state index contributed by atoms with van der Waals surface area (Å²) < 4.78 is 25.8. The molecule has 90 valence electrons. The Labute approximate surface area is 96.4 Å². The summed E-state index contributed by atoms with van der Waals surface area (Å²) in [6.07, 6.45) is 2.81. The van der Waals surface area contributed by atoms with Crippen molar-refractivity contribution in [3.63, 3.8) is 0 Å². The summed E-state index contributed by atoms with van der Waals surface area (Å²) >= 11 is 1.86. The zero-order valence-electron chi connectivity index (χ0n) is 9.16. The fraction of sp³-hybridized carbons (Fsp3) is 1.00. The van der Waals surface area contributed by atoms with E-state index in [2.05, 4.69) is 11.6 Å². The summed E-state index contributed by atoms with van der Waals surface area (Å²) in [5.74, 6) is 1.28. The molecule has 0 spiro atoms. The molecule has 1 unspecified atom stereocenters. The summed E-state index contributed by atoms with van der Waals surface area (Å²) in [5, 5.41) is 0. The molecular formula is C9H20N2O2S2. The predicted molar refractivity (Wildman–Crippen MR) is 65.6 cm³/mol. The second kappa shape index (κ2) is 5.52. The van der Waals surface area contributed by atoms with Gasteiger partial charge in [0, 0.05) is 11.3 Å². The lowest BCUT2D eigenvalue weighted by Crippen LogP contribution is -2.38. The smallest absolute Gasteiger partial charge is 0.211 e. The Morgan fingerprint density at radius 3 is 2.80 bits per heavy atom. The van der Waals surface area contributed by atoms with Gasteiger partial charge in [-0.1, -0.05) is 0 Å². The molecular weight excluding hydrogens is 232 g/mol. The average Bonchev–Trinajstić information content (AvgIpc) is 2.61. The first-order chi connectivity index (χ1) is 6.97. The largest absolute Gasteiger partial charge is 0.330 e. The van der Waals surface area contributed by atoms with E-state index in [1.54, 1.807) is 0 Å². The van der Waals surface area contributed by atoms with Crippen LogP contribution in [0.25, 0.3) is 0 Å². The van der Waals surface area contributed by atoms with Crippen LogP contribution in [0.4, 0.5) is 0 Å². The second-order valence-electron chi connectivity index (χ2n) is 4.18. The molecule has 0 radical (unpaired) electrons. The van der Waals surface area contributed by atoms with Crippen molar-refractivity contribution in [1.29, 1.82) is 0 Å². The zero-order valence-corrected chi connectivity index (χ0v) is 10.8. The lowest BCUT2D eigenvalue weighted by atomic mass is 10.1. The summed E-state index contributed by atoms with van der Waals surface area (Å²) in [4.78, 5) is 0. The fourth-order valence-corrected chi connectivity index (χ4v) is 4.15. The minimum Gasteiger partial charge on any atom is -0.330 e. The van der Waals surface area contributed by atoms with Crippen LogP contribution in [0.5, 0.6) is 0 Å². The van der Waals surface area contributed by atoms with Gasteiger partial charge in [0.15, 0.2) is 0 Å². The van der Waals surface area contributed by atoms with Gasteiger partial charge in [-0.25, -0.2) is 13.1 Å². The molecule has 3 N–H and O–H groups in total. The van der Waals surface area contributed by atoms with E-state index in [4.69, 9.17) is 5.73 Å². The Kier molecular flexibility index (Phi) is 4.89. The molecule has 0 aromatic rings. The van der Waals surface area contributed by atoms with Crippen LogP contribution in [0.1, 0.15) is 26.2 Å².